The molecule has 0 aliphatic carbocycles. The molecular formula is C20H17N3OS2. The minimum Gasteiger partial charge on any atom is -0.353 e. The smallest absolute Gasteiger partial charge is 0.298 e. The maximum Gasteiger partial charge on any atom is 0.298 e. The second kappa shape index (κ2) is 7.73. The van der Waals surface area contributed by atoms with Gasteiger partial charge in [-0.25, -0.2) is 4.98 Å². The fourth-order valence-corrected chi connectivity index (χ4v) is 4.52. The van der Waals surface area contributed by atoms with Crippen molar-refractivity contribution in [2.75, 3.05) is 31.1 Å². The Morgan fingerprint density at radius 1 is 1.00 bits per heavy atom. The maximum atomic E-state index is 12.4. The van der Waals surface area contributed by atoms with Gasteiger partial charge in [-0.15, -0.1) is 22.7 Å². The number of nitrogens with zero attached hydrogens (tertiary/aromatic N) is 3. The van der Waals surface area contributed by atoms with E-state index in [1.54, 1.807) is 28.9 Å². The summed E-state index contributed by atoms with van der Waals surface area (Å²) in [5.74, 6) is 6.68. The first-order valence-electron chi connectivity index (χ1n) is 8.40. The number of hydrogen-bond donors (Lipinski definition) is 0. The van der Waals surface area contributed by atoms with Gasteiger partial charge in [-0.05, 0) is 41.6 Å². The number of piperazine rings is 1. The van der Waals surface area contributed by atoms with Gasteiger partial charge in [0.15, 0.2) is 0 Å². The van der Waals surface area contributed by atoms with Crippen LogP contribution >= 0.6 is 22.7 Å². The summed E-state index contributed by atoms with van der Waals surface area (Å²) in [6, 6.07) is 14.1. The van der Waals surface area contributed by atoms with E-state index in [1.165, 1.54) is 9.75 Å². The molecular weight excluding hydrogens is 362 g/mol. The molecule has 130 valence electrons. The molecule has 4 heterocycles. The molecule has 0 spiro atoms. The van der Waals surface area contributed by atoms with Crippen molar-refractivity contribution in [2.24, 2.45) is 0 Å². The third-order valence-corrected chi connectivity index (χ3v) is 6.27. The zero-order valence-electron chi connectivity index (χ0n) is 14.1. The number of rotatable bonds is 2. The first kappa shape index (κ1) is 16.8. The summed E-state index contributed by atoms with van der Waals surface area (Å²) in [6.45, 7) is 2.92. The fraction of sp³-hybridized carbons (Fsp3) is 0.200. The van der Waals surface area contributed by atoms with Gasteiger partial charge in [0, 0.05) is 48.1 Å². The Morgan fingerprint density at radius 2 is 1.88 bits per heavy atom. The van der Waals surface area contributed by atoms with E-state index in [1.807, 2.05) is 35.2 Å². The zero-order valence-corrected chi connectivity index (χ0v) is 15.7. The van der Waals surface area contributed by atoms with Gasteiger partial charge < -0.3 is 9.80 Å². The summed E-state index contributed by atoms with van der Waals surface area (Å²) in [5.41, 5.74) is 0. The number of pyridine rings is 1. The van der Waals surface area contributed by atoms with Crippen molar-refractivity contribution < 1.29 is 4.79 Å². The van der Waals surface area contributed by atoms with Crippen LogP contribution in [-0.4, -0.2) is 42.0 Å². The van der Waals surface area contributed by atoms with E-state index in [0.717, 1.165) is 23.8 Å². The molecule has 0 aromatic carbocycles. The molecule has 1 fully saturated rings. The number of amides is 1. The number of aromatic nitrogens is 1. The number of carbonyl (C=O) groups is 1. The van der Waals surface area contributed by atoms with E-state index < -0.39 is 0 Å². The van der Waals surface area contributed by atoms with Gasteiger partial charge in [0.05, 0.1) is 4.88 Å². The Labute approximate surface area is 160 Å². The molecule has 1 saturated heterocycles. The topological polar surface area (TPSA) is 36.4 Å². The summed E-state index contributed by atoms with van der Waals surface area (Å²) >= 11 is 3.34. The van der Waals surface area contributed by atoms with Crippen LogP contribution in [0.3, 0.4) is 0 Å². The van der Waals surface area contributed by atoms with E-state index in [9.17, 15) is 4.79 Å². The van der Waals surface area contributed by atoms with Crippen LogP contribution in [0.1, 0.15) is 4.88 Å². The molecule has 3 aromatic heterocycles. The van der Waals surface area contributed by atoms with E-state index in [4.69, 9.17) is 0 Å². The Kier molecular flexibility index (Phi) is 5.00. The highest BCUT2D eigenvalue weighted by atomic mass is 32.1. The molecule has 0 bridgehead atoms. The normalized spacial score (nSPS) is 14.0. The third-order valence-electron chi connectivity index (χ3n) is 4.20. The van der Waals surface area contributed by atoms with Crippen molar-refractivity contribution in [3.63, 3.8) is 0 Å². The van der Waals surface area contributed by atoms with Crippen molar-refractivity contribution in [3.8, 4) is 21.6 Å². The predicted octanol–water partition coefficient (Wildman–Crippen LogP) is 3.57. The van der Waals surface area contributed by atoms with Crippen LogP contribution in [0.4, 0.5) is 5.82 Å². The molecule has 6 heteroatoms. The first-order chi connectivity index (χ1) is 12.8. The highest BCUT2D eigenvalue weighted by molar-refractivity contribution is 7.21. The minimum atomic E-state index is -0.100. The van der Waals surface area contributed by atoms with Crippen LogP contribution in [-0.2, 0) is 4.79 Å². The summed E-state index contributed by atoms with van der Waals surface area (Å²) < 4.78 is 0. The molecule has 4 nitrogen and oxygen atoms in total. The Morgan fingerprint density at radius 3 is 2.62 bits per heavy atom. The summed E-state index contributed by atoms with van der Waals surface area (Å²) in [4.78, 5) is 24.1. The molecule has 0 radical (unpaired) electrons. The maximum absolute atomic E-state index is 12.4. The quantitative estimate of drug-likeness (QED) is 0.639. The monoisotopic (exact) mass is 379 g/mol. The second-order valence-electron chi connectivity index (χ2n) is 5.86. The zero-order chi connectivity index (χ0) is 17.8. The molecule has 0 saturated carbocycles. The van der Waals surface area contributed by atoms with E-state index in [2.05, 4.69) is 39.2 Å². The lowest BCUT2D eigenvalue weighted by Gasteiger charge is -2.34. The van der Waals surface area contributed by atoms with Gasteiger partial charge in [-0.3, -0.25) is 4.79 Å². The highest BCUT2D eigenvalue weighted by Crippen LogP contribution is 2.31. The molecule has 1 aliphatic heterocycles. The number of carbonyl (C=O) groups excluding carboxylic acids is 1. The lowest BCUT2D eigenvalue weighted by molar-refractivity contribution is -0.125. The molecule has 4 rings (SSSR count). The predicted molar refractivity (Wildman–Crippen MR) is 108 cm³/mol. The van der Waals surface area contributed by atoms with Gasteiger partial charge in [-0.1, -0.05) is 12.1 Å². The number of hydrogen-bond acceptors (Lipinski definition) is 5. The summed E-state index contributed by atoms with van der Waals surface area (Å²) in [7, 11) is 0. The first-order valence-corrected chi connectivity index (χ1v) is 10.1. The van der Waals surface area contributed by atoms with Crippen LogP contribution in [0.25, 0.3) is 9.75 Å². The molecule has 1 aliphatic rings. The fourth-order valence-electron chi connectivity index (χ4n) is 2.83. The van der Waals surface area contributed by atoms with Gasteiger partial charge >= 0.3 is 0 Å². The van der Waals surface area contributed by atoms with Crippen molar-refractivity contribution >= 4 is 34.4 Å². The average Bonchev–Trinajstić information content (AvgIpc) is 3.38. The lowest BCUT2D eigenvalue weighted by Crippen LogP contribution is -2.48. The van der Waals surface area contributed by atoms with Crippen LogP contribution in [0, 0.1) is 11.8 Å². The van der Waals surface area contributed by atoms with Gasteiger partial charge in [0.1, 0.15) is 5.82 Å². The number of anilines is 1. The lowest BCUT2D eigenvalue weighted by atomic mass is 10.3. The molecule has 0 atom stereocenters. The van der Waals surface area contributed by atoms with E-state index in [0.29, 0.717) is 13.1 Å². The third kappa shape index (κ3) is 3.79. The Bertz CT molecular complexity index is 930. The number of thiophene rings is 2. The van der Waals surface area contributed by atoms with Crippen molar-refractivity contribution in [2.45, 2.75) is 0 Å². The molecule has 26 heavy (non-hydrogen) atoms. The van der Waals surface area contributed by atoms with Gasteiger partial charge in [0.25, 0.3) is 5.91 Å². The van der Waals surface area contributed by atoms with Gasteiger partial charge in [0.2, 0.25) is 0 Å². The van der Waals surface area contributed by atoms with E-state index in [-0.39, 0.29) is 5.91 Å². The van der Waals surface area contributed by atoms with Crippen molar-refractivity contribution in [3.05, 3.63) is 58.9 Å². The summed E-state index contributed by atoms with van der Waals surface area (Å²) in [5, 5.41) is 2.06. The van der Waals surface area contributed by atoms with Crippen LogP contribution < -0.4 is 4.90 Å². The Hall–Kier alpha value is -2.62. The Balaban J connectivity index is 1.36. The van der Waals surface area contributed by atoms with Crippen LogP contribution in [0.2, 0.25) is 0 Å². The summed E-state index contributed by atoms with van der Waals surface area (Å²) in [6.07, 6.45) is 1.80. The molecule has 3 aromatic rings. The van der Waals surface area contributed by atoms with Crippen molar-refractivity contribution in [1.82, 2.24) is 9.88 Å². The largest absolute Gasteiger partial charge is 0.353 e. The van der Waals surface area contributed by atoms with E-state index >= 15 is 0 Å². The molecule has 0 N–H and O–H groups in total. The van der Waals surface area contributed by atoms with Crippen molar-refractivity contribution in [1.29, 1.82) is 0 Å². The minimum absolute atomic E-state index is 0.100. The molecule has 0 unspecified atom stereocenters. The van der Waals surface area contributed by atoms with Crippen LogP contribution in [0.15, 0.2) is 54.0 Å². The SMILES string of the molecule is O=C(C#Cc1ccc(-c2cccs2)s1)N1CCN(c2ccccn2)CC1. The standard InChI is InChI=1S/C20H17N3OS2/c24-20(9-7-16-6-8-18(26-16)17-4-3-15-25-17)23-13-11-22(12-14-23)19-5-1-2-10-21-19/h1-6,8,10,15H,11-14H2. The average molecular weight is 380 g/mol. The molecule has 1 amide bonds. The highest BCUT2D eigenvalue weighted by Gasteiger charge is 2.20. The second-order valence-corrected chi connectivity index (χ2v) is 7.89. The van der Waals surface area contributed by atoms with Crippen LogP contribution in [0.5, 0.6) is 0 Å². The van der Waals surface area contributed by atoms with Gasteiger partial charge in [-0.2, -0.15) is 0 Å².